The van der Waals surface area contributed by atoms with E-state index in [0.717, 1.165) is 22.2 Å². The predicted molar refractivity (Wildman–Crippen MR) is 96.8 cm³/mol. The number of benzene rings is 2. The molecule has 0 spiro atoms. The molecule has 0 saturated heterocycles. The number of hydrogen-bond donors (Lipinski definition) is 0. The average molecular weight is 318 g/mol. The van der Waals surface area contributed by atoms with Gasteiger partial charge in [0.1, 0.15) is 0 Å². The molecule has 4 rings (SSSR count). The van der Waals surface area contributed by atoms with Gasteiger partial charge >= 0.3 is 0 Å². The first-order valence-corrected chi connectivity index (χ1v) is 7.78. The number of para-hydroxylation sites is 1. The summed E-state index contributed by atoms with van der Waals surface area (Å²) in [6.07, 6.45) is 1.95. The molecule has 0 atom stereocenters. The second-order valence-corrected chi connectivity index (χ2v) is 5.73. The Morgan fingerprint density at radius 2 is 1.62 bits per heavy atom. The van der Waals surface area contributed by atoms with Crippen molar-refractivity contribution in [2.45, 2.75) is 0 Å². The molecule has 0 aliphatic heterocycles. The van der Waals surface area contributed by atoms with Crippen LogP contribution in [0.2, 0.25) is 0 Å². The Morgan fingerprint density at radius 3 is 2.42 bits per heavy atom. The summed E-state index contributed by atoms with van der Waals surface area (Å²) in [6, 6.07) is 16.4. The standard InChI is InChI=1S/C20H18N2O2/c1-22-17-7-5-4-6-14(17)15-12-21-16(11-18(15)22)13-8-9-19(23-2)20(10-13)24-3/h4-12H,1-3H3. The van der Waals surface area contributed by atoms with Gasteiger partial charge in [-0.25, -0.2) is 0 Å². The molecule has 4 nitrogen and oxygen atoms in total. The third-order valence-electron chi connectivity index (χ3n) is 4.48. The number of pyridine rings is 1. The summed E-state index contributed by atoms with van der Waals surface area (Å²) in [7, 11) is 5.36. The summed E-state index contributed by atoms with van der Waals surface area (Å²) in [5.74, 6) is 1.42. The van der Waals surface area contributed by atoms with Gasteiger partial charge in [0, 0.05) is 35.1 Å². The van der Waals surface area contributed by atoms with Gasteiger partial charge in [-0.2, -0.15) is 0 Å². The highest BCUT2D eigenvalue weighted by molar-refractivity contribution is 6.08. The largest absolute Gasteiger partial charge is 0.493 e. The third-order valence-corrected chi connectivity index (χ3v) is 4.48. The highest BCUT2D eigenvalue weighted by Crippen LogP contribution is 2.34. The molecule has 0 aliphatic rings. The molecular formula is C20H18N2O2. The van der Waals surface area contributed by atoms with Crippen LogP contribution in [-0.2, 0) is 7.05 Å². The monoisotopic (exact) mass is 318 g/mol. The number of fused-ring (bicyclic) bond motifs is 3. The molecular weight excluding hydrogens is 300 g/mol. The zero-order valence-corrected chi connectivity index (χ0v) is 13.9. The van der Waals surface area contributed by atoms with E-state index in [4.69, 9.17) is 9.47 Å². The summed E-state index contributed by atoms with van der Waals surface area (Å²) < 4.78 is 12.9. The molecule has 0 amide bonds. The van der Waals surface area contributed by atoms with Gasteiger partial charge in [-0.15, -0.1) is 0 Å². The number of nitrogens with zero attached hydrogens (tertiary/aromatic N) is 2. The number of hydrogen-bond acceptors (Lipinski definition) is 3. The van der Waals surface area contributed by atoms with Crippen LogP contribution >= 0.6 is 0 Å². The lowest BCUT2D eigenvalue weighted by atomic mass is 10.1. The van der Waals surface area contributed by atoms with E-state index in [2.05, 4.69) is 46.9 Å². The SMILES string of the molecule is COc1ccc(-c2cc3c(cn2)c2ccccc2n3C)cc1OC. The molecule has 4 heteroatoms. The fraction of sp³-hybridized carbons (Fsp3) is 0.150. The van der Waals surface area contributed by atoms with Crippen LogP contribution in [0.25, 0.3) is 33.1 Å². The van der Waals surface area contributed by atoms with Crippen molar-refractivity contribution in [1.82, 2.24) is 9.55 Å². The first kappa shape index (κ1) is 14.6. The number of methoxy groups -OCH3 is 2. The Labute approximate surface area is 140 Å². The van der Waals surface area contributed by atoms with Crippen molar-refractivity contribution in [2.24, 2.45) is 7.05 Å². The van der Waals surface area contributed by atoms with Crippen LogP contribution in [0.5, 0.6) is 11.5 Å². The van der Waals surface area contributed by atoms with Crippen LogP contribution < -0.4 is 9.47 Å². The molecule has 0 bridgehead atoms. The van der Waals surface area contributed by atoms with Crippen molar-refractivity contribution in [1.29, 1.82) is 0 Å². The van der Waals surface area contributed by atoms with Crippen LogP contribution in [0.3, 0.4) is 0 Å². The van der Waals surface area contributed by atoms with Crippen molar-refractivity contribution < 1.29 is 9.47 Å². The van der Waals surface area contributed by atoms with E-state index < -0.39 is 0 Å². The van der Waals surface area contributed by atoms with Gasteiger partial charge in [0.05, 0.1) is 25.4 Å². The van der Waals surface area contributed by atoms with Gasteiger partial charge in [0.25, 0.3) is 0 Å². The fourth-order valence-electron chi connectivity index (χ4n) is 3.21. The fourth-order valence-corrected chi connectivity index (χ4v) is 3.21. The van der Waals surface area contributed by atoms with Crippen LogP contribution in [0, 0.1) is 0 Å². The Bertz CT molecular complexity index is 1050. The summed E-state index contributed by atoms with van der Waals surface area (Å²) in [5.41, 5.74) is 4.28. The highest BCUT2D eigenvalue weighted by Gasteiger charge is 2.11. The van der Waals surface area contributed by atoms with Gasteiger partial charge in [-0.1, -0.05) is 18.2 Å². The second-order valence-electron chi connectivity index (χ2n) is 5.73. The van der Waals surface area contributed by atoms with Gasteiger partial charge in [-0.3, -0.25) is 4.98 Å². The van der Waals surface area contributed by atoms with Crippen molar-refractivity contribution >= 4 is 21.8 Å². The number of aromatic nitrogens is 2. The second kappa shape index (κ2) is 5.57. The van der Waals surface area contributed by atoms with Crippen molar-refractivity contribution in [3.05, 3.63) is 54.7 Å². The molecule has 2 heterocycles. The van der Waals surface area contributed by atoms with E-state index >= 15 is 0 Å². The van der Waals surface area contributed by atoms with Crippen molar-refractivity contribution in [2.75, 3.05) is 14.2 Å². The highest BCUT2D eigenvalue weighted by atomic mass is 16.5. The maximum absolute atomic E-state index is 5.40. The molecule has 0 saturated carbocycles. The van der Waals surface area contributed by atoms with E-state index in [0.29, 0.717) is 11.5 Å². The maximum atomic E-state index is 5.40. The predicted octanol–water partition coefficient (Wildman–Crippen LogP) is 4.41. The lowest BCUT2D eigenvalue weighted by molar-refractivity contribution is 0.355. The lowest BCUT2D eigenvalue weighted by Crippen LogP contribution is -1.92. The van der Waals surface area contributed by atoms with Crippen LogP contribution in [0.15, 0.2) is 54.7 Å². The van der Waals surface area contributed by atoms with E-state index in [1.165, 1.54) is 10.9 Å². The molecule has 2 aromatic heterocycles. The molecule has 0 unspecified atom stereocenters. The molecule has 0 N–H and O–H groups in total. The average Bonchev–Trinajstić information content (AvgIpc) is 2.93. The van der Waals surface area contributed by atoms with E-state index in [1.807, 2.05) is 24.4 Å². The Kier molecular flexibility index (Phi) is 3.38. The molecule has 0 aliphatic carbocycles. The first-order chi connectivity index (χ1) is 11.7. The molecule has 4 aromatic rings. The Morgan fingerprint density at radius 1 is 0.833 bits per heavy atom. The third kappa shape index (κ3) is 2.11. The van der Waals surface area contributed by atoms with E-state index in [-0.39, 0.29) is 0 Å². The zero-order valence-electron chi connectivity index (χ0n) is 13.9. The number of aryl methyl sites for hydroxylation is 1. The van der Waals surface area contributed by atoms with Crippen LogP contribution in [-0.4, -0.2) is 23.8 Å². The van der Waals surface area contributed by atoms with Crippen molar-refractivity contribution in [3.63, 3.8) is 0 Å². The summed E-state index contributed by atoms with van der Waals surface area (Å²) in [5, 5.41) is 2.39. The van der Waals surface area contributed by atoms with Crippen molar-refractivity contribution in [3.8, 4) is 22.8 Å². The van der Waals surface area contributed by atoms with Crippen LogP contribution in [0.1, 0.15) is 0 Å². The molecule has 120 valence electrons. The van der Waals surface area contributed by atoms with Gasteiger partial charge in [0.15, 0.2) is 11.5 Å². The molecule has 0 radical (unpaired) electrons. The van der Waals surface area contributed by atoms with Gasteiger partial charge in [0.2, 0.25) is 0 Å². The summed E-state index contributed by atoms with van der Waals surface area (Å²) in [4.78, 5) is 4.66. The first-order valence-electron chi connectivity index (χ1n) is 7.78. The zero-order chi connectivity index (χ0) is 16.7. The topological polar surface area (TPSA) is 36.3 Å². The maximum Gasteiger partial charge on any atom is 0.161 e. The summed E-state index contributed by atoms with van der Waals surface area (Å²) >= 11 is 0. The lowest BCUT2D eigenvalue weighted by Gasteiger charge is -2.09. The van der Waals surface area contributed by atoms with E-state index in [9.17, 15) is 0 Å². The van der Waals surface area contributed by atoms with Gasteiger partial charge < -0.3 is 14.0 Å². The molecule has 2 aromatic carbocycles. The Balaban J connectivity index is 1.92. The quantitative estimate of drug-likeness (QED) is 0.561. The molecule has 0 fully saturated rings. The van der Waals surface area contributed by atoms with E-state index in [1.54, 1.807) is 14.2 Å². The summed E-state index contributed by atoms with van der Waals surface area (Å²) in [6.45, 7) is 0. The number of ether oxygens (including phenoxy) is 2. The molecule has 24 heavy (non-hydrogen) atoms. The van der Waals surface area contributed by atoms with Crippen LogP contribution in [0.4, 0.5) is 0 Å². The normalized spacial score (nSPS) is 11.1. The smallest absolute Gasteiger partial charge is 0.161 e. The minimum absolute atomic E-state index is 0.703. The number of rotatable bonds is 3. The minimum atomic E-state index is 0.703. The minimum Gasteiger partial charge on any atom is -0.493 e. The Hall–Kier alpha value is -3.01. The van der Waals surface area contributed by atoms with Gasteiger partial charge in [-0.05, 0) is 30.3 Å².